The number of carbonyl (C=O) groups excluding carboxylic acids is 2. The second kappa shape index (κ2) is 12.4. The predicted octanol–water partition coefficient (Wildman–Crippen LogP) is 4.78. The molecule has 6 heteroatoms. The van der Waals surface area contributed by atoms with E-state index in [0.717, 1.165) is 23.3 Å². The Morgan fingerprint density at radius 1 is 1.00 bits per heavy atom. The van der Waals surface area contributed by atoms with Gasteiger partial charge in [0, 0.05) is 18.3 Å². The Hall–Kier alpha value is -2.34. The molecular formula is C24H31FN2O2S. The summed E-state index contributed by atoms with van der Waals surface area (Å²) in [6.07, 6.45) is 1.33. The average Bonchev–Trinajstić information content (AvgIpc) is 2.75. The molecule has 2 aromatic rings. The van der Waals surface area contributed by atoms with Crippen LogP contribution in [-0.4, -0.2) is 34.6 Å². The molecule has 30 heavy (non-hydrogen) atoms. The van der Waals surface area contributed by atoms with Crippen LogP contribution in [0.1, 0.15) is 44.7 Å². The first-order chi connectivity index (χ1) is 14.4. The van der Waals surface area contributed by atoms with Crippen molar-refractivity contribution >= 4 is 23.6 Å². The molecule has 2 aromatic carbocycles. The molecule has 2 atom stereocenters. The maximum Gasteiger partial charge on any atom is 0.243 e. The Kier molecular flexibility index (Phi) is 9.87. The number of amides is 2. The SMILES string of the molecule is CC[C@H](C)NC(=O)[C@H](CC)N(Cc1ccc(F)cc1)C(=O)CSCc1ccccc1. The molecule has 4 nitrogen and oxygen atoms in total. The number of hydrogen-bond acceptors (Lipinski definition) is 3. The highest BCUT2D eigenvalue weighted by Gasteiger charge is 2.29. The molecule has 0 aliphatic heterocycles. The van der Waals surface area contributed by atoms with Gasteiger partial charge in [0.05, 0.1) is 5.75 Å². The van der Waals surface area contributed by atoms with Gasteiger partial charge in [-0.05, 0) is 43.0 Å². The van der Waals surface area contributed by atoms with Gasteiger partial charge in [0.1, 0.15) is 11.9 Å². The van der Waals surface area contributed by atoms with E-state index in [-0.39, 0.29) is 36.0 Å². The van der Waals surface area contributed by atoms with Crippen molar-refractivity contribution in [2.75, 3.05) is 5.75 Å². The zero-order valence-corrected chi connectivity index (χ0v) is 18.8. The number of rotatable bonds is 11. The summed E-state index contributed by atoms with van der Waals surface area (Å²) in [5.41, 5.74) is 1.95. The van der Waals surface area contributed by atoms with Gasteiger partial charge in [0.25, 0.3) is 0 Å². The van der Waals surface area contributed by atoms with Crippen LogP contribution in [0.5, 0.6) is 0 Å². The molecule has 0 fully saturated rings. The molecule has 162 valence electrons. The molecule has 0 radical (unpaired) electrons. The maximum absolute atomic E-state index is 13.3. The van der Waals surface area contributed by atoms with Gasteiger partial charge in [-0.15, -0.1) is 11.8 Å². The number of thioether (sulfide) groups is 1. The predicted molar refractivity (Wildman–Crippen MR) is 122 cm³/mol. The van der Waals surface area contributed by atoms with Crippen LogP contribution in [0.15, 0.2) is 54.6 Å². The van der Waals surface area contributed by atoms with Crippen LogP contribution < -0.4 is 5.32 Å². The second-order valence-corrected chi connectivity index (χ2v) is 8.35. The lowest BCUT2D eigenvalue weighted by Crippen LogP contribution is -2.51. The first kappa shape index (κ1) is 23.9. The standard InChI is InChI=1S/C24H31FN2O2S/c1-4-18(3)26-24(29)22(5-2)27(15-19-11-13-21(25)14-12-19)23(28)17-30-16-20-9-7-6-8-10-20/h6-14,18,22H,4-5,15-17H2,1-3H3,(H,26,29)/t18-,22-/m0/s1. The van der Waals surface area contributed by atoms with Crippen molar-refractivity contribution in [3.8, 4) is 0 Å². The summed E-state index contributed by atoms with van der Waals surface area (Å²) in [5.74, 6) is 0.453. The molecule has 0 saturated carbocycles. The largest absolute Gasteiger partial charge is 0.352 e. The number of nitrogens with zero attached hydrogens (tertiary/aromatic N) is 1. The minimum atomic E-state index is -0.561. The van der Waals surface area contributed by atoms with E-state index in [9.17, 15) is 14.0 Å². The van der Waals surface area contributed by atoms with Gasteiger partial charge in [0.2, 0.25) is 11.8 Å². The molecule has 2 amide bonds. The quantitative estimate of drug-likeness (QED) is 0.558. The van der Waals surface area contributed by atoms with E-state index in [1.807, 2.05) is 51.1 Å². The van der Waals surface area contributed by atoms with E-state index >= 15 is 0 Å². The normalized spacial score (nSPS) is 12.8. The third kappa shape index (κ3) is 7.48. The van der Waals surface area contributed by atoms with Crippen molar-refractivity contribution in [2.45, 2.75) is 58.0 Å². The Balaban J connectivity index is 2.12. The smallest absolute Gasteiger partial charge is 0.243 e. The first-order valence-corrected chi connectivity index (χ1v) is 11.6. The number of nitrogens with one attached hydrogen (secondary N) is 1. The Bertz CT molecular complexity index is 799. The van der Waals surface area contributed by atoms with E-state index in [1.54, 1.807) is 17.0 Å². The molecule has 0 unspecified atom stereocenters. The lowest BCUT2D eigenvalue weighted by molar-refractivity contribution is -0.139. The molecule has 0 saturated heterocycles. The van der Waals surface area contributed by atoms with Crippen molar-refractivity contribution < 1.29 is 14.0 Å². The monoisotopic (exact) mass is 430 g/mol. The van der Waals surface area contributed by atoms with E-state index in [1.165, 1.54) is 23.9 Å². The highest BCUT2D eigenvalue weighted by molar-refractivity contribution is 7.99. The fraction of sp³-hybridized carbons (Fsp3) is 0.417. The summed E-state index contributed by atoms with van der Waals surface area (Å²) in [6.45, 7) is 6.14. The maximum atomic E-state index is 13.3. The molecule has 0 aliphatic carbocycles. The van der Waals surface area contributed by atoms with Crippen LogP contribution in [0.3, 0.4) is 0 Å². The zero-order chi connectivity index (χ0) is 21.9. The van der Waals surface area contributed by atoms with Crippen LogP contribution in [-0.2, 0) is 21.9 Å². The van der Waals surface area contributed by atoms with E-state index in [2.05, 4.69) is 5.32 Å². The van der Waals surface area contributed by atoms with Crippen molar-refractivity contribution in [3.63, 3.8) is 0 Å². The van der Waals surface area contributed by atoms with Gasteiger partial charge in [-0.2, -0.15) is 0 Å². The van der Waals surface area contributed by atoms with Gasteiger partial charge in [-0.3, -0.25) is 9.59 Å². The zero-order valence-electron chi connectivity index (χ0n) is 17.9. The fourth-order valence-electron chi connectivity index (χ4n) is 3.06. The summed E-state index contributed by atoms with van der Waals surface area (Å²) in [5, 5.41) is 2.99. The van der Waals surface area contributed by atoms with Gasteiger partial charge in [0.15, 0.2) is 0 Å². The van der Waals surface area contributed by atoms with E-state index in [0.29, 0.717) is 6.42 Å². The Labute approximate surface area is 183 Å². The summed E-state index contributed by atoms with van der Waals surface area (Å²) in [7, 11) is 0. The molecule has 0 aromatic heterocycles. The summed E-state index contributed by atoms with van der Waals surface area (Å²) >= 11 is 1.53. The lowest BCUT2D eigenvalue weighted by atomic mass is 10.1. The molecule has 0 heterocycles. The number of benzene rings is 2. The highest BCUT2D eigenvalue weighted by atomic mass is 32.2. The third-order valence-corrected chi connectivity index (χ3v) is 5.98. The molecule has 0 spiro atoms. The van der Waals surface area contributed by atoms with Crippen molar-refractivity contribution in [3.05, 3.63) is 71.5 Å². The summed E-state index contributed by atoms with van der Waals surface area (Å²) < 4.78 is 13.3. The molecule has 0 aliphatic rings. The lowest BCUT2D eigenvalue weighted by Gasteiger charge is -2.31. The van der Waals surface area contributed by atoms with Gasteiger partial charge in [-0.25, -0.2) is 4.39 Å². The second-order valence-electron chi connectivity index (χ2n) is 7.37. The molecular weight excluding hydrogens is 399 g/mol. The van der Waals surface area contributed by atoms with Crippen molar-refractivity contribution in [1.82, 2.24) is 10.2 Å². The third-order valence-electron chi connectivity index (χ3n) is 4.99. The Morgan fingerprint density at radius 2 is 1.67 bits per heavy atom. The fourth-order valence-corrected chi connectivity index (χ4v) is 3.93. The molecule has 0 bridgehead atoms. The van der Waals surface area contributed by atoms with Gasteiger partial charge < -0.3 is 10.2 Å². The van der Waals surface area contributed by atoms with Crippen LogP contribution >= 0.6 is 11.8 Å². The average molecular weight is 431 g/mol. The van der Waals surface area contributed by atoms with Gasteiger partial charge in [-0.1, -0.05) is 56.3 Å². The topological polar surface area (TPSA) is 49.4 Å². The number of carbonyl (C=O) groups is 2. The van der Waals surface area contributed by atoms with Crippen LogP contribution in [0.25, 0.3) is 0 Å². The Morgan fingerprint density at radius 3 is 2.27 bits per heavy atom. The van der Waals surface area contributed by atoms with Crippen LogP contribution in [0.2, 0.25) is 0 Å². The molecule has 2 rings (SSSR count). The van der Waals surface area contributed by atoms with Crippen LogP contribution in [0.4, 0.5) is 4.39 Å². The number of halogens is 1. The van der Waals surface area contributed by atoms with E-state index in [4.69, 9.17) is 0 Å². The van der Waals surface area contributed by atoms with E-state index < -0.39 is 6.04 Å². The van der Waals surface area contributed by atoms with Crippen LogP contribution in [0, 0.1) is 5.82 Å². The summed E-state index contributed by atoms with van der Waals surface area (Å²) in [4.78, 5) is 27.6. The summed E-state index contributed by atoms with van der Waals surface area (Å²) in [6, 6.07) is 15.5. The highest BCUT2D eigenvalue weighted by Crippen LogP contribution is 2.17. The number of hydrogen-bond donors (Lipinski definition) is 1. The molecule has 1 N–H and O–H groups in total. The minimum Gasteiger partial charge on any atom is -0.352 e. The van der Waals surface area contributed by atoms with Crippen molar-refractivity contribution in [2.24, 2.45) is 0 Å². The van der Waals surface area contributed by atoms with Crippen molar-refractivity contribution in [1.29, 1.82) is 0 Å². The minimum absolute atomic E-state index is 0.0433. The first-order valence-electron chi connectivity index (χ1n) is 10.4. The van der Waals surface area contributed by atoms with Gasteiger partial charge >= 0.3 is 0 Å².